The number of hydrogen-bond acceptors (Lipinski definition) is 5. The Morgan fingerprint density at radius 1 is 0.975 bits per heavy atom. The number of rotatable bonds is 13. The molecule has 0 radical (unpaired) electrons. The normalized spacial score (nSPS) is 11.9. The van der Waals surface area contributed by atoms with Gasteiger partial charge in [0, 0.05) is 23.1 Å². The van der Waals surface area contributed by atoms with Crippen molar-refractivity contribution in [3.05, 3.63) is 88.4 Å². The fourth-order valence-corrected chi connectivity index (χ4v) is 5.82. The van der Waals surface area contributed by atoms with Gasteiger partial charge in [-0.3, -0.25) is 13.9 Å². The average Bonchev–Trinajstić information content (AvgIpc) is 2.94. The van der Waals surface area contributed by atoms with Crippen molar-refractivity contribution < 1.29 is 22.7 Å². The Kier molecular flexibility index (Phi) is 11.2. The van der Waals surface area contributed by atoms with Gasteiger partial charge in [-0.15, -0.1) is 0 Å². The van der Waals surface area contributed by atoms with E-state index < -0.39 is 28.5 Å². The third-order valence-corrected chi connectivity index (χ3v) is 8.49. The van der Waals surface area contributed by atoms with Crippen LogP contribution in [0.4, 0.5) is 5.69 Å². The Morgan fingerprint density at radius 3 is 2.25 bits per heavy atom. The van der Waals surface area contributed by atoms with E-state index in [1.54, 1.807) is 67.6 Å². The van der Waals surface area contributed by atoms with Crippen molar-refractivity contribution in [2.75, 3.05) is 24.0 Å². The first-order chi connectivity index (χ1) is 19.1. The zero-order valence-electron chi connectivity index (χ0n) is 22.6. The summed E-state index contributed by atoms with van der Waals surface area (Å²) >= 11 is 12.4. The molecule has 3 aromatic rings. The summed E-state index contributed by atoms with van der Waals surface area (Å²) in [4.78, 5) is 28.1. The maximum absolute atomic E-state index is 13.9. The Balaban J connectivity index is 2.00. The van der Waals surface area contributed by atoms with Crippen LogP contribution in [0.25, 0.3) is 0 Å². The number of anilines is 1. The fraction of sp³-hybridized carbons (Fsp3) is 0.310. The second-order valence-electron chi connectivity index (χ2n) is 8.98. The molecule has 3 aromatic carbocycles. The predicted octanol–water partition coefficient (Wildman–Crippen LogP) is 5.53. The largest absolute Gasteiger partial charge is 0.494 e. The van der Waals surface area contributed by atoms with Crippen molar-refractivity contribution in [2.24, 2.45) is 0 Å². The molecule has 0 spiro atoms. The molecule has 0 saturated heterocycles. The van der Waals surface area contributed by atoms with Gasteiger partial charge in [-0.25, -0.2) is 8.42 Å². The topological polar surface area (TPSA) is 96.0 Å². The van der Waals surface area contributed by atoms with Gasteiger partial charge in [0.2, 0.25) is 11.8 Å². The van der Waals surface area contributed by atoms with Gasteiger partial charge in [-0.2, -0.15) is 0 Å². The summed E-state index contributed by atoms with van der Waals surface area (Å²) < 4.78 is 34.2. The SMILES string of the molecule is CCCNC(=O)[C@H](C)N(Cc1ccc(Cl)cc1Cl)C(=O)CN(c1ccccc1)S(=O)(=O)c1ccc(OCC)cc1. The first kappa shape index (κ1) is 31.3. The average molecular weight is 607 g/mol. The molecule has 0 heterocycles. The van der Waals surface area contributed by atoms with Gasteiger partial charge < -0.3 is 15.0 Å². The molecule has 0 saturated carbocycles. The summed E-state index contributed by atoms with van der Waals surface area (Å²) in [5.41, 5.74) is 0.868. The van der Waals surface area contributed by atoms with Gasteiger partial charge >= 0.3 is 0 Å². The van der Waals surface area contributed by atoms with Crippen LogP contribution in [0, 0.1) is 0 Å². The summed E-state index contributed by atoms with van der Waals surface area (Å²) in [6.07, 6.45) is 0.720. The van der Waals surface area contributed by atoms with Gasteiger partial charge in [0.05, 0.1) is 17.2 Å². The summed E-state index contributed by atoms with van der Waals surface area (Å²) in [6, 6.07) is 18.3. The molecule has 0 aromatic heterocycles. The number of nitrogens with one attached hydrogen (secondary N) is 1. The zero-order chi connectivity index (χ0) is 29.3. The highest BCUT2D eigenvalue weighted by molar-refractivity contribution is 7.92. The zero-order valence-corrected chi connectivity index (χ0v) is 25.0. The molecular formula is C29H33Cl2N3O5S. The van der Waals surface area contributed by atoms with Gasteiger partial charge in [0.25, 0.3) is 10.0 Å². The van der Waals surface area contributed by atoms with E-state index in [9.17, 15) is 18.0 Å². The molecule has 40 heavy (non-hydrogen) atoms. The summed E-state index contributed by atoms with van der Waals surface area (Å²) in [5.74, 6) is -0.411. The number of amides is 2. The molecule has 0 aliphatic rings. The molecule has 2 amide bonds. The van der Waals surface area contributed by atoms with Crippen molar-refractivity contribution in [1.82, 2.24) is 10.2 Å². The van der Waals surface area contributed by atoms with E-state index in [1.165, 1.54) is 17.0 Å². The minimum Gasteiger partial charge on any atom is -0.494 e. The molecule has 8 nitrogen and oxygen atoms in total. The van der Waals surface area contributed by atoms with Gasteiger partial charge in [0.15, 0.2) is 0 Å². The van der Waals surface area contributed by atoms with Crippen molar-refractivity contribution in [3.8, 4) is 5.75 Å². The molecular weight excluding hydrogens is 573 g/mol. The quantitative estimate of drug-likeness (QED) is 0.276. The van der Waals surface area contributed by atoms with E-state index in [0.29, 0.717) is 40.2 Å². The van der Waals surface area contributed by atoms with Crippen molar-refractivity contribution >= 4 is 50.7 Å². The molecule has 3 rings (SSSR count). The first-order valence-electron chi connectivity index (χ1n) is 12.9. The summed E-state index contributed by atoms with van der Waals surface area (Å²) in [7, 11) is -4.17. The third kappa shape index (κ3) is 7.90. The molecule has 1 N–H and O–H groups in total. The number of para-hydroxylation sites is 1. The Labute approximate surface area is 245 Å². The molecule has 11 heteroatoms. The standard InChI is InChI=1S/C29H33Cl2N3O5S/c1-4-17-32-29(36)21(3)33(19-22-11-12-23(30)18-27(22)31)28(35)20-34(24-9-7-6-8-10-24)40(37,38)26-15-13-25(14-16-26)39-5-2/h6-16,18,21H,4-5,17,19-20H2,1-3H3,(H,32,36)/t21-/m0/s1. The molecule has 0 aliphatic heterocycles. The number of hydrogen-bond donors (Lipinski definition) is 1. The first-order valence-corrected chi connectivity index (χ1v) is 15.1. The van der Waals surface area contributed by atoms with E-state index >= 15 is 0 Å². The number of carbonyl (C=O) groups is 2. The van der Waals surface area contributed by atoms with E-state index in [4.69, 9.17) is 27.9 Å². The Hall–Kier alpha value is -3.27. The lowest BCUT2D eigenvalue weighted by Crippen LogP contribution is -2.51. The van der Waals surface area contributed by atoms with Crippen molar-refractivity contribution in [3.63, 3.8) is 0 Å². The van der Waals surface area contributed by atoms with Crippen LogP contribution < -0.4 is 14.4 Å². The summed E-state index contributed by atoms with van der Waals surface area (Å²) in [5, 5.41) is 3.56. The van der Waals surface area contributed by atoms with Crippen LogP contribution in [0.2, 0.25) is 10.0 Å². The molecule has 0 unspecified atom stereocenters. The monoisotopic (exact) mass is 605 g/mol. The van der Waals surface area contributed by atoms with Crippen LogP contribution in [0.1, 0.15) is 32.8 Å². The van der Waals surface area contributed by atoms with Gasteiger partial charge in [-0.1, -0.05) is 54.4 Å². The van der Waals surface area contributed by atoms with E-state index in [0.717, 1.165) is 10.7 Å². The lowest BCUT2D eigenvalue weighted by atomic mass is 10.1. The van der Waals surface area contributed by atoms with Crippen LogP contribution in [0.3, 0.4) is 0 Å². The Morgan fingerprint density at radius 2 is 1.65 bits per heavy atom. The van der Waals surface area contributed by atoms with Crippen LogP contribution in [-0.2, 0) is 26.2 Å². The highest BCUT2D eigenvalue weighted by Crippen LogP contribution is 2.27. The molecule has 0 bridgehead atoms. The maximum Gasteiger partial charge on any atom is 0.264 e. The van der Waals surface area contributed by atoms with Gasteiger partial charge in [-0.05, 0) is 74.4 Å². The fourth-order valence-electron chi connectivity index (χ4n) is 3.94. The minimum absolute atomic E-state index is 0.00589. The smallest absolute Gasteiger partial charge is 0.264 e. The minimum atomic E-state index is -4.17. The number of nitrogens with zero attached hydrogens (tertiary/aromatic N) is 2. The van der Waals surface area contributed by atoms with E-state index in [1.807, 2.05) is 13.8 Å². The third-order valence-electron chi connectivity index (χ3n) is 6.12. The molecule has 1 atom stereocenters. The lowest BCUT2D eigenvalue weighted by molar-refractivity contribution is -0.139. The van der Waals surface area contributed by atoms with E-state index in [-0.39, 0.29) is 17.3 Å². The highest BCUT2D eigenvalue weighted by atomic mass is 35.5. The number of carbonyl (C=O) groups excluding carboxylic acids is 2. The second kappa shape index (κ2) is 14.4. The predicted molar refractivity (Wildman–Crippen MR) is 158 cm³/mol. The van der Waals surface area contributed by atoms with Crippen LogP contribution in [0.15, 0.2) is 77.7 Å². The lowest BCUT2D eigenvalue weighted by Gasteiger charge is -2.32. The second-order valence-corrected chi connectivity index (χ2v) is 11.7. The van der Waals surface area contributed by atoms with Crippen molar-refractivity contribution in [2.45, 2.75) is 44.7 Å². The number of ether oxygens (including phenoxy) is 1. The number of sulfonamides is 1. The van der Waals surface area contributed by atoms with Gasteiger partial charge in [0.1, 0.15) is 18.3 Å². The maximum atomic E-state index is 13.9. The van der Waals surface area contributed by atoms with Crippen LogP contribution >= 0.6 is 23.2 Å². The number of benzene rings is 3. The number of halogens is 2. The van der Waals surface area contributed by atoms with Crippen molar-refractivity contribution in [1.29, 1.82) is 0 Å². The molecule has 0 fully saturated rings. The van der Waals surface area contributed by atoms with Crippen LogP contribution in [0.5, 0.6) is 5.75 Å². The van der Waals surface area contributed by atoms with E-state index in [2.05, 4.69) is 5.32 Å². The highest BCUT2D eigenvalue weighted by Gasteiger charge is 2.32. The Bertz CT molecular complexity index is 1400. The van der Waals surface area contributed by atoms with Crippen LogP contribution in [-0.4, -0.2) is 50.9 Å². The summed E-state index contributed by atoms with van der Waals surface area (Å²) in [6.45, 7) is 5.66. The molecule has 0 aliphatic carbocycles. The molecule has 214 valence electrons.